The number of fused-ring (bicyclic) bond motifs is 1. The highest BCUT2D eigenvalue weighted by Crippen LogP contribution is 2.38. The number of para-hydroxylation sites is 1. The number of nitrogens with zero attached hydrogens (tertiary/aromatic N) is 1. The third kappa shape index (κ3) is 1.84. The lowest BCUT2D eigenvalue weighted by Crippen LogP contribution is -2.22. The van der Waals surface area contributed by atoms with Gasteiger partial charge in [0.25, 0.3) is 0 Å². The molecule has 1 aliphatic rings. The first-order chi connectivity index (χ1) is 9.08. The fourth-order valence-corrected chi connectivity index (χ4v) is 3.03. The molecular weight excluding hydrogens is 234 g/mol. The van der Waals surface area contributed by atoms with Crippen LogP contribution in [0, 0.1) is 20.8 Å². The fourth-order valence-electron chi connectivity index (χ4n) is 3.03. The van der Waals surface area contributed by atoms with Crippen molar-refractivity contribution in [3.05, 3.63) is 58.7 Å². The second-order valence-corrected chi connectivity index (χ2v) is 5.28. The van der Waals surface area contributed by atoms with Crippen LogP contribution in [0.1, 0.15) is 22.3 Å². The molecule has 2 aromatic carbocycles. The van der Waals surface area contributed by atoms with Crippen molar-refractivity contribution >= 4 is 17.3 Å². The van der Waals surface area contributed by atoms with Crippen LogP contribution < -0.4 is 4.90 Å². The molecule has 0 aromatic heterocycles. The Morgan fingerprint density at radius 3 is 2.32 bits per heavy atom. The summed E-state index contributed by atoms with van der Waals surface area (Å²) >= 11 is 0. The number of hydrogen-bond acceptors (Lipinski definition) is 1. The lowest BCUT2D eigenvalue weighted by molar-refractivity contribution is -0.116. The highest BCUT2D eigenvalue weighted by molar-refractivity contribution is 6.08. The summed E-state index contributed by atoms with van der Waals surface area (Å²) in [5, 5.41) is 0. The van der Waals surface area contributed by atoms with Gasteiger partial charge >= 0.3 is 0 Å². The minimum atomic E-state index is 0.163. The predicted octanol–water partition coefficient (Wildman–Crippen LogP) is 3.83. The third-order valence-electron chi connectivity index (χ3n) is 3.68. The molecule has 19 heavy (non-hydrogen) atoms. The van der Waals surface area contributed by atoms with Gasteiger partial charge in [-0.05, 0) is 43.5 Å². The number of anilines is 2. The molecule has 0 radical (unpaired) electrons. The summed E-state index contributed by atoms with van der Waals surface area (Å²) in [5.41, 5.74) is 6.73. The van der Waals surface area contributed by atoms with E-state index in [0.29, 0.717) is 6.42 Å². The molecule has 0 N–H and O–H groups in total. The van der Waals surface area contributed by atoms with E-state index >= 15 is 0 Å². The van der Waals surface area contributed by atoms with Crippen LogP contribution in [0.3, 0.4) is 0 Å². The zero-order valence-electron chi connectivity index (χ0n) is 11.5. The zero-order valence-corrected chi connectivity index (χ0v) is 11.5. The second-order valence-electron chi connectivity index (χ2n) is 5.28. The van der Waals surface area contributed by atoms with E-state index in [0.717, 1.165) is 28.1 Å². The maximum absolute atomic E-state index is 12.3. The lowest BCUT2D eigenvalue weighted by atomic mass is 10.0. The Kier molecular flexibility index (Phi) is 2.67. The van der Waals surface area contributed by atoms with Crippen LogP contribution in [0.5, 0.6) is 0 Å². The SMILES string of the molecule is Cc1cc(C)c(N2C(=O)Cc3ccccc32)c(C)c1. The van der Waals surface area contributed by atoms with Gasteiger partial charge in [-0.1, -0.05) is 35.9 Å². The average molecular weight is 251 g/mol. The smallest absolute Gasteiger partial charge is 0.236 e. The van der Waals surface area contributed by atoms with Crippen molar-refractivity contribution in [2.75, 3.05) is 4.90 Å². The summed E-state index contributed by atoms with van der Waals surface area (Å²) in [5.74, 6) is 0.163. The largest absolute Gasteiger partial charge is 0.280 e. The van der Waals surface area contributed by atoms with Crippen molar-refractivity contribution in [3.63, 3.8) is 0 Å². The molecule has 0 spiro atoms. The first kappa shape index (κ1) is 12.0. The van der Waals surface area contributed by atoms with Crippen molar-refractivity contribution in [2.45, 2.75) is 27.2 Å². The monoisotopic (exact) mass is 251 g/mol. The standard InChI is InChI=1S/C17H17NO/c1-11-8-12(2)17(13(3)9-11)18-15-7-5-4-6-14(15)10-16(18)19/h4-9H,10H2,1-3H3. The van der Waals surface area contributed by atoms with Crippen LogP contribution >= 0.6 is 0 Å². The molecule has 0 aliphatic carbocycles. The van der Waals surface area contributed by atoms with Crippen LogP contribution in [0.15, 0.2) is 36.4 Å². The maximum atomic E-state index is 12.3. The van der Waals surface area contributed by atoms with Gasteiger partial charge in [-0.25, -0.2) is 0 Å². The van der Waals surface area contributed by atoms with E-state index in [9.17, 15) is 4.79 Å². The van der Waals surface area contributed by atoms with Crippen molar-refractivity contribution < 1.29 is 4.79 Å². The molecule has 0 atom stereocenters. The molecule has 0 unspecified atom stereocenters. The van der Waals surface area contributed by atoms with Crippen molar-refractivity contribution in [1.82, 2.24) is 0 Å². The van der Waals surface area contributed by atoms with Crippen LogP contribution in [-0.4, -0.2) is 5.91 Å². The summed E-state index contributed by atoms with van der Waals surface area (Å²) in [4.78, 5) is 14.2. The van der Waals surface area contributed by atoms with Crippen molar-refractivity contribution in [2.24, 2.45) is 0 Å². The van der Waals surface area contributed by atoms with Gasteiger partial charge in [0.05, 0.1) is 17.8 Å². The number of hydrogen-bond donors (Lipinski definition) is 0. The average Bonchev–Trinajstić information content (AvgIpc) is 2.65. The van der Waals surface area contributed by atoms with Gasteiger partial charge in [0, 0.05) is 0 Å². The Morgan fingerprint density at radius 1 is 1.00 bits per heavy atom. The Morgan fingerprint density at radius 2 is 1.63 bits per heavy atom. The van der Waals surface area contributed by atoms with E-state index in [1.54, 1.807) is 0 Å². The molecule has 0 saturated heterocycles. The first-order valence-electron chi connectivity index (χ1n) is 6.56. The molecule has 0 saturated carbocycles. The Labute approximate surface area is 113 Å². The first-order valence-corrected chi connectivity index (χ1v) is 6.56. The quantitative estimate of drug-likeness (QED) is 0.754. The molecule has 2 heteroatoms. The molecule has 2 nitrogen and oxygen atoms in total. The minimum absolute atomic E-state index is 0.163. The molecule has 3 rings (SSSR count). The molecule has 0 bridgehead atoms. The van der Waals surface area contributed by atoms with Crippen LogP contribution in [0.2, 0.25) is 0 Å². The van der Waals surface area contributed by atoms with E-state index in [2.05, 4.69) is 32.9 Å². The van der Waals surface area contributed by atoms with Gasteiger partial charge in [0.1, 0.15) is 0 Å². The van der Waals surface area contributed by atoms with Crippen LogP contribution in [0.4, 0.5) is 11.4 Å². The number of aryl methyl sites for hydroxylation is 3. The summed E-state index contributed by atoms with van der Waals surface area (Å²) in [7, 11) is 0. The molecule has 96 valence electrons. The summed E-state index contributed by atoms with van der Waals surface area (Å²) in [6.45, 7) is 6.23. The highest BCUT2D eigenvalue weighted by atomic mass is 16.2. The van der Waals surface area contributed by atoms with E-state index in [-0.39, 0.29) is 5.91 Å². The number of amides is 1. The number of carbonyl (C=O) groups is 1. The van der Waals surface area contributed by atoms with Gasteiger partial charge in [-0.2, -0.15) is 0 Å². The number of carbonyl (C=O) groups excluding carboxylic acids is 1. The second kappa shape index (κ2) is 4.23. The molecule has 1 aliphatic heterocycles. The number of benzene rings is 2. The third-order valence-corrected chi connectivity index (χ3v) is 3.68. The van der Waals surface area contributed by atoms with Gasteiger partial charge in [0.15, 0.2) is 0 Å². The summed E-state index contributed by atoms with van der Waals surface area (Å²) in [6.07, 6.45) is 0.503. The molecular formula is C17H17NO. The zero-order chi connectivity index (χ0) is 13.6. The Bertz CT molecular complexity index is 650. The molecule has 0 fully saturated rings. The molecule has 1 amide bonds. The van der Waals surface area contributed by atoms with Crippen molar-refractivity contribution in [1.29, 1.82) is 0 Å². The van der Waals surface area contributed by atoms with Gasteiger partial charge in [-0.3, -0.25) is 9.69 Å². The predicted molar refractivity (Wildman–Crippen MR) is 77.9 cm³/mol. The van der Waals surface area contributed by atoms with Crippen LogP contribution in [-0.2, 0) is 11.2 Å². The van der Waals surface area contributed by atoms with E-state index in [1.807, 2.05) is 29.2 Å². The maximum Gasteiger partial charge on any atom is 0.236 e. The summed E-state index contributed by atoms with van der Waals surface area (Å²) < 4.78 is 0. The Hall–Kier alpha value is -2.09. The van der Waals surface area contributed by atoms with Gasteiger partial charge in [-0.15, -0.1) is 0 Å². The van der Waals surface area contributed by atoms with Gasteiger partial charge in [0.2, 0.25) is 5.91 Å². The molecule has 2 aromatic rings. The Balaban J connectivity index is 2.21. The highest BCUT2D eigenvalue weighted by Gasteiger charge is 2.29. The van der Waals surface area contributed by atoms with Gasteiger partial charge < -0.3 is 0 Å². The lowest BCUT2D eigenvalue weighted by Gasteiger charge is -2.22. The number of rotatable bonds is 1. The van der Waals surface area contributed by atoms with E-state index in [4.69, 9.17) is 0 Å². The topological polar surface area (TPSA) is 20.3 Å². The summed E-state index contributed by atoms with van der Waals surface area (Å²) in [6, 6.07) is 12.3. The van der Waals surface area contributed by atoms with E-state index in [1.165, 1.54) is 5.56 Å². The molecule has 1 heterocycles. The van der Waals surface area contributed by atoms with E-state index < -0.39 is 0 Å². The van der Waals surface area contributed by atoms with Crippen LogP contribution in [0.25, 0.3) is 0 Å². The van der Waals surface area contributed by atoms with Crippen molar-refractivity contribution in [3.8, 4) is 0 Å². The normalized spacial score (nSPS) is 13.8. The fraction of sp³-hybridized carbons (Fsp3) is 0.235. The minimum Gasteiger partial charge on any atom is -0.280 e.